The van der Waals surface area contributed by atoms with Crippen LogP contribution >= 0.6 is 11.3 Å². The fraction of sp³-hybridized carbons (Fsp3) is 0.571. The number of hydrogen-bond donors (Lipinski definition) is 1. The van der Waals surface area contributed by atoms with Crippen molar-refractivity contribution in [2.45, 2.75) is 51.5 Å². The third-order valence-corrected chi connectivity index (χ3v) is 4.48. The molecule has 1 heterocycles. The average Bonchev–Trinajstić information content (AvgIpc) is 2.61. The van der Waals surface area contributed by atoms with E-state index in [1.54, 1.807) is 11.3 Å². The molecule has 0 saturated carbocycles. The number of hydrogen-bond acceptors (Lipinski definition) is 3. The molecule has 18 heavy (non-hydrogen) atoms. The van der Waals surface area contributed by atoms with Crippen LogP contribution in [0.4, 0.5) is 0 Å². The maximum atomic E-state index is 12.0. The van der Waals surface area contributed by atoms with Crippen molar-refractivity contribution in [1.29, 1.82) is 5.26 Å². The van der Waals surface area contributed by atoms with E-state index in [4.69, 9.17) is 5.26 Å². The highest BCUT2D eigenvalue weighted by atomic mass is 32.1. The van der Waals surface area contributed by atoms with E-state index in [0.717, 1.165) is 17.7 Å². The molecule has 0 aromatic carbocycles. The third-order valence-electron chi connectivity index (χ3n) is 3.25. The van der Waals surface area contributed by atoms with Crippen molar-refractivity contribution in [1.82, 2.24) is 5.32 Å². The predicted octanol–water partition coefficient (Wildman–Crippen LogP) is 3.05. The maximum absolute atomic E-state index is 12.0. The molecule has 1 aromatic heterocycles. The summed E-state index contributed by atoms with van der Waals surface area (Å²) in [4.78, 5) is 14.2. The second-order valence-electron chi connectivity index (χ2n) is 4.86. The zero-order valence-corrected chi connectivity index (χ0v) is 11.5. The minimum Gasteiger partial charge on any atom is -0.348 e. The van der Waals surface area contributed by atoms with Gasteiger partial charge in [-0.3, -0.25) is 4.79 Å². The molecule has 0 aliphatic heterocycles. The minimum absolute atomic E-state index is 0.0316. The highest BCUT2D eigenvalue weighted by Crippen LogP contribution is 2.28. The van der Waals surface area contributed by atoms with Gasteiger partial charge in [-0.05, 0) is 44.2 Å². The summed E-state index contributed by atoms with van der Waals surface area (Å²) in [6.45, 7) is 1.86. The van der Waals surface area contributed by atoms with E-state index in [2.05, 4.69) is 11.4 Å². The van der Waals surface area contributed by atoms with Crippen LogP contribution in [0.5, 0.6) is 0 Å². The van der Waals surface area contributed by atoms with E-state index in [9.17, 15) is 4.79 Å². The highest BCUT2D eigenvalue weighted by Gasteiger charge is 2.17. The summed E-state index contributed by atoms with van der Waals surface area (Å²) in [7, 11) is 0. The van der Waals surface area contributed by atoms with Crippen LogP contribution in [0.2, 0.25) is 0 Å². The van der Waals surface area contributed by atoms with Crippen LogP contribution in [0.1, 0.15) is 52.7 Å². The van der Waals surface area contributed by atoms with Crippen molar-refractivity contribution >= 4 is 17.2 Å². The van der Waals surface area contributed by atoms with Gasteiger partial charge in [-0.2, -0.15) is 5.26 Å². The first-order valence-corrected chi connectivity index (χ1v) is 7.31. The Balaban J connectivity index is 2.05. The zero-order chi connectivity index (χ0) is 13.0. The first-order chi connectivity index (χ1) is 8.70. The van der Waals surface area contributed by atoms with Crippen molar-refractivity contribution in [3.8, 4) is 6.07 Å². The van der Waals surface area contributed by atoms with Crippen molar-refractivity contribution in [2.75, 3.05) is 0 Å². The summed E-state index contributed by atoms with van der Waals surface area (Å²) in [5.74, 6) is -0.0316. The van der Waals surface area contributed by atoms with E-state index in [1.165, 1.54) is 29.7 Å². The molecule has 3 nitrogen and oxygen atoms in total. The first-order valence-electron chi connectivity index (χ1n) is 6.50. The molecular weight excluding hydrogens is 244 g/mol. The summed E-state index contributed by atoms with van der Waals surface area (Å²) < 4.78 is 0. The number of rotatable bonds is 3. The molecule has 0 radical (unpaired) electrons. The van der Waals surface area contributed by atoms with E-state index < -0.39 is 0 Å². The molecule has 1 atom stereocenters. The molecule has 1 aliphatic carbocycles. The van der Waals surface area contributed by atoms with Crippen LogP contribution in [0.15, 0.2) is 6.07 Å². The number of nitrogens with one attached hydrogen (secondary N) is 1. The number of nitriles is 1. The van der Waals surface area contributed by atoms with Gasteiger partial charge in [-0.15, -0.1) is 11.3 Å². The fourth-order valence-electron chi connectivity index (χ4n) is 2.26. The maximum Gasteiger partial charge on any atom is 0.261 e. The van der Waals surface area contributed by atoms with E-state index in [1.807, 2.05) is 13.0 Å². The zero-order valence-electron chi connectivity index (χ0n) is 10.7. The molecular formula is C14H18N2OS. The molecule has 1 amide bonds. The average molecular weight is 262 g/mol. The van der Waals surface area contributed by atoms with Gasteiger partial charge in [0.15, 0.2) is 0 Å². The summed E-state index contributed by atoms with van der Waals surface area (Å²) in [5, 5.41) is 11.5. The number of carbonyl (C=O) groups excluding carboxylic acids is 1. The molecule has 0 fully saturated rings. The topological polar surface area (TPSA) is 52.9 Å². The molecule has 0 spiro atoms. The Hall–Kier alpha value is -1.34. The number of fused-ring (bicyclic) bond motifs is 1. The first kappa shape index (κ1) is 13.1. The number of nitrogens with zero attached hydrogens (tertiary/aromatic N) is 1. The van der Waals surface area contributed by atoms with Gasteiger partial charge in [0, 0.05) is 10.9 Å². The molecule has 1 aromatic rings. The summed E-state index contributed by atoms with van der Waals surface area (Å²) >= 11 is 1.62. The number of thiophene rings is 1. The van der Waals surface area contributed by atoms with Crippen LogP contribution in [-0.2, 0) is 12.8 Å². The van der Waals surface area contributed by atoms with Crippen molar-refractivity contribution in [3.05, 3.63) is 21.4 Å². The Morgan fingerprint density at radius 1 is 1.50 bits per heavy atom. The van der Waals surface area contributed by atoms with Crippen LogP contribution in [0.3, 0.4) is 0 Å². The number of amides is 1. The Kier molecular flexibility index (Phi) is 4.38. The Morgan fingerprint density at radius 3 is 3.06 bits per heavy atom. The van der Waals surface area contributed by atoms with E-state index >= 15 is 0 Å². The van der Waals surface area contributed by atoms with E-state index in [0.29, 0.717) is 6.42 Å². The second-order valence-corrected chi connectivity index (χ2v) is 5.99. The van der Waals surface area contributed by atoms with Gasteiger partial charge in [0.25, 0.3) is 5.91 Å². The fourth-order valence-corrected chi connectivity index (χ4v) is 3.42. The SMILES string of the molecule is CC(CC#N)NC(=O)c1cc2c(s1)CCCCC2. The van der Waals surface area contributed by atoms with Gasteiger partial charge in [0.05, 0.1) is 17.4 Å². The van der Waals surface area contributed by atoms with Gasteiger partial charge in [0.1, 0.15) is 0 Å². The lowest BCUT2D eigenvalue weighted by Gasteiger charge is -2.08. The Labute approximate surface area is 112 Å². The van der Waals surface area contributed by atoms with Gasteiger partial charge in [-0.1, -0.05) is 6.42 Å². The predicted molar refractivity (Wildman–Crippen MR) is 72.7 cm³/mol. The van der Waals surface area contributed by atoms with Crippen molar-refractivity contribution < 1.29 is 4.79 Å². The minimum atomic E-state index is -0.0793. The number of aryl methyl sites for hydroxylation is 2. The van der Waals surface area contributed by atoms with Gasteiger partial charge < -0.3 is 5.32 Å². The molecule has 2 rings (SSSR count). The largest absolute Gasteiger partial charge is 0.348 e. The summed E-state index contributed by atoms with van der Waals surface area (Å²) in [5.41, 5.74) is 1.36. The van der Waals surface area contributed by atoms with Crippen molar-refractivity contribution in [3.63, 3.8) is 0 Å². The molecule has 1 N–H and O–H groups in total. The lowest BCUT2D eigenvalue weighted by Crippen LogP contribution is -2.31. The van der Waals surface area contributed by atoms with Crippen LogP contribution in [0.25, 0.3) is 0 Å². The van der Waals surface area contributed by atoms with Gasteiger partial charge in [-0.25, -0.2) is 0 Å². The number of carbonyl (C=O) groups is 1. The Morgan fingerprint density at radius 2 is 2.28 bits per heavy atom. The molecule has 4 heteroatoms. The molecule has 1 aliphatic rings. The second kappa shape index (κ2) is 6.01. The highest BCUT2D eigenvalue weighted by molar-refractivity contribution is 7.14. The lowest BCUT2D eigenvalue weighted by atomic mass is 10.1. The molecule has 0 saturated heterocycles. The standard InChI is InChI=1S/C14H18N2OS/c1-10(7-8-15)16-14(17)13-9-11-5-3-2-4-6-12(11)18-13/h9-10H,2-7H2,1H3,(H,16,17). The third kappa shape index (κ3) is 3.11. The quantitative estimate of drug-likeness (QED) is 0.851. The summed E-state index contributed by atoms with van der Waals surface area (Å²) in [6.07, 6.45) is 6.34. The molecule has 0 bridgehead atoms. The van der Waals surface area contributed by atoms with Gasteiger partial charge in [0.2, 0.25) is 0 Å². The van der Waals surface area contributed by atoms with Crippen LogP contribution in [0, 0.1) is 11.3 Å². The van der Waals surface area contributed by atoms with Crippen molar-refractivity contribution in [2.24, 2.45) is 0 Å². The summed E-state index contributed by atoms with van der Waals surface area (Å²) in [6, 6.07) is 4.03. The van der Waals surface area contributed by atoms with Gasteiger partial charge >= 0.3 is 0 Å². The smallest absolute Gasteiger partial charge is 0.261 e. The van der Waals surface area contributed by atoms with Crippen LogP contribution < -0.4 is 5.32 Å². The van der Waals surface area contributed by atoms with Crippen LogP contribution in [-0.4, -0.2) is 11.9 Å². The lowest BCUT2D eigenvalue weighted by molar-refractivity contribution is 0.0945. The Bertz CT molecular complexity index is 449. The normalized spacial score (nSPS) is 16.2. The molecule has 1 unspecified atom stereocenters. The monoisotopic (exact) mass is 262 g/mol. The molecule has 96 valence electrons. The van der Waals surface area contributed by atoms with E-state index in [-0.39, 0.29) is 11.9 Å².